The number of hydrogen-bond acceptors (Lipinski definition) is 7. The molecule has 0 saturated heterocycles. The van der Waals surface area contributed by atoms with Crippen molar-refractivity contribution in [2.24, 2.45) is 0 Å². The van der Waals surface area contributed by atoms with Crippen molar-refractivity contribution in [1.82, 2.24) is 15.0 Å². The Bertz CT molecular complexity index is 615. The van der Waals surface area contributed by atoms with E-state index in [1.54, 1.807) is 7.11 Å². The van der Waals surface area contributed by atoms with Gasteiger partial charge in [0.15, 0.2) is 5.65 Å². The molecule has 0 aliphatic heterocycles. The fraction of sp³-hybridized carbons (Fsp3) is 0.417. The molecule has 0 saturated carbocycles. The van der Waals surface area contributed by atoms with Crippen LogP contribution >= 0.6 is 0 Å². The molecule has 0 bridgehead atoms. The van der Waals surface area contributed by atoms with Crippen molar-refractivity contribution in [2.45, 2.75) is 20.5 Å². The number of nitrogens with two attached hydrogens (primary N) is 2. The number of hydrogen-bond donors (Lipinski definition) is 2. The van der Waals surface area contributed by atoms with Gasteiger partial charge in [0.2, 0.25) is 5.95 Å². The second-order valence-corrected chi connectivity index (χ2v) is 4.22. The predicted molar refractivity (Wildman–Crippen MR) is 72.3 cm³/mol. The summed E-state index contributed by atoms with van der Waals surface area (Å²) in [6.07, 6.45) is 0. The number of nitrogens with zero attached hydrogens (tertiary/aromatic N) is 3. The monoisotopic (exact) mass is 263 g/mol. The minimum Gasteiger partial charge on any atom is -0.383 e. The third-order valence-corrected chi connectivity index (χ3v) is 2.92. The summed E-state index contributed by atoms with van der Waals surface area (Å²) in [6.45, 7) is 4.47. The van der Waals surface area contributed by atoms with Gasteiger partial charge in [0.1, 0.15) is 12.6 Å². The van der Waals surface area contributed by atoms with Gasteiger partial charge in [0.25, 0.3) is 0 Å². The molecule has 2 heterocycles. The van der Waals surface area contributed by atoms with Crippen molar-refractivity contribution < 1.29 is 9.47 Å². The van der Waals surface area contributed by atoms with Crippen LogP contribution in [0.5, 0.6) is 0 Å². The molecule has 7 heteroatoms. The van der Waals surface area contributed by atoms with Gasteiger partial charge in [-0.2, -0.15) is 9.97 Å². The second kappa shape index (κ2) is 5.33. The van der Waals surface area contributed by atoms with Gasteiger partial charge in [-0.3, -0.25) is 0 Å². The van der Waals surface area contributed by atoms with Gasteiger partial charge in [0, 0.05) is 18.4 Å². The van der Waals surface area contributed by atoms with Crippen molar-refractivity contribution in [3.63, 3.8) is 0 Å². The Hall–Kier alpha value is -1.99. The summed E-state index contributed by atoms with van der Waals surface area (Å²) in [6, 6.07) is 0. The van der Waals surface area contributed by atoms with Crippen LogP contribution in [0.4, 0.5) is 11.8 Å². The number of ether oxygens (including phenoxy) is 2. The first kappa shape index (κ1) is 13.4. The molecule has 7 nitrogen and oxygen atoms in total. The van der Waals surface area contributed by atoms with Crippen LogP contribution < -0.4 is 11.5 Å². The lowest BCUT2D eigenvalue weighted by Crippen LogP contribution is -2.08. The highest BCUT2D eigenvalue weighted by atomic mass is 16.7. The fourth-order valence-corrected chi connectivity index (χ4v) is 2.01. The molecular weight excluding hydrogens is 246 g/mol. The van der Waals surface area contributed by atoms with E-state index in [4.69, 9.17) is 20.9 Å². The van der Waals surface area contributed by atoms with E-state index >= 15 is 0 Å². The number of methoxy groups -OCH3 is 1. The van der Waals surface area contributed by atoms with Gasteiger partial charge in [-0.1, -0.05) is 0 Å². The third-order valence-electron chi connectivity index (χ3n) is 2.92. The molecule has 0 radical (unpaired) electrons. The molecule has 2 rings (SSSR count). The number of aryl methyl sites for hydroxylation is 2. The topological polar surface area (TPSA) is 109 Å². The van der Waals surface area contributed by atoms with E-state index < -0.39 is 0 Å². The Kier molecular flexibility index (Phi) is 3.77. The highest BCUT2D eigenvalue weighted by molar-refractivity contribution is 5.90. The fourth-order valence-electron chi connectivity index (χ4n) is 2.01. The van der Waals surface area contributed by atoms with Crippen molar-refractivity contribution in [1.29, 1.82) is 0 Å². The lowest BCUT2D eigenvalue weighted by Gasteiger charge is -2.13. The average molecular weight is 263 g/mol. The van der Waals surface area contributed by atoms with E-state index in [0.29, 0.717) is 18.1 Å². The Labute approximate surface area is 111 Å². The molecule has 0 aromatic carbocycles. The standard InChI is InChI=1S/C12H17N5O2/c1-6-8(4-19-5-18-3)7(2)15-11-9(6)10(13)16-12(14)17-11/h4-5H2,1-3H3,(H4,13,14,15,16,17). The summed E-state index contributed by atoms with van der Waals surface area (Å²) in [4.78, 5) is 12.5. The van der Waals surface area contributed by atoms with Crippen LogP contribution in [0.25, 0.3) is 11.0 Å². The number of fused-ring (bicyclic) bond motifs is 1. The van der Waals surface area contributed by atoms with E-state index in [-0.39, 0.29) is 12.7 Å². The smallest absolute Gasteiger partial charge is 0.224 e. The molecule has 0 fully saturated rings. The molecule has 0 spiro atoms. The average Bonchev–Trinajstić information content (AvgIpc) is 2.32. The van der Waals surface area contributed by atoms with E-state index in [1.807, 2.05) is 13.8 Å². The number of rotatable bonds is 4. The quantitative estimate of drug-likeness (QED) is 0.623. The van der Waals surface area contributed by atoms with Crippen LogP contribution in [0, 0.1) is 13.8 Å². The summed E-state index contributed by atoms with van der Waals surface area (Å²) >= 11 is 0. The molecule has 19 heavy (non-hydrogen) atoms. The van der Waals surface area contributed by atoms with Crippen LogP contribution in [-0.4, -0.2) is 28.9 Å². The lowest BCUT2D eigenvalue weighted by molar-refractivity contribution is -0.0393. The molecule has 0 amide bonds. The van der Waals surface area contributed by atoms with Crippen LogP contribution in [0.1, 0.15) is 16.8 Å². The normalized spacial score (nSPS) is 11.1. The Balaban J connectivity index is 2.54. The highest BCUT2D eigenvalue weighted by Gasteiger charge is 2.14. The van der Waals surface area contributed by atoms with Crippen LogP contribution in [0.15, 0.2) is 0 Å². The molecule has 0 unspecified atom stereocenters. The minimum atomic E-state index is 0.125. The van der Waals surface area contributed by atoms with Gasteiger partial charge in [0.05, 0.1) is 12.0 Å². The highest BCUT2D eigenvalue weighted by Crippen LogP contribution is 2.26. The maximum atomic E-state index is 5.90. The van der Waals surface area contributed by atoms with Gasteiger partial charge in [-0.05, 0) is 19.4 Å². The van der Waals surface area contributed by atoms with Gasteiger partial charge in [-0.25, -0.2) is 4.98 Å². The zero-order valence-electron chi connectivity index (χ0n) is 11.2. The Morgan fingerprint density at radius 3 is 2.53 bits per heavy atom. The van der Waals surface area contributed by atoms with Gasteiger partial charge in [-0.15, -0.1) is 0 Å². The van der Waals surface area contributed by atoms with E-state index in [1.165, 1.54) is 0 Å². The first-order valence-electron chi connectivity index (χ1n) is 5.80. The first-order chi connectivity index (χ1) is 9.04. The zero-order valence-corrected chi connectivity index (χ0v) is 11.2. The second-order valence-electron chi connectivity index (χ2n) is 4.22. The van der Waals surface area contributed by atoms with Crippen molar-refractivity contribution >= 4 is 22.8 Å². The summed E-state index contributed by atoms with van der Waals surface area (Å²) < 4.78 is 10.2. The Morgan fingerprint density at radius 1 is 1.11 bits per heavy atom. The SMILES string of the molecule is COCOCc1c(C)nc2nc(N)nc(N)c2c1C. The molecule has 2 aromatic rings. The Morgan fingerprint density at radius 2 is 1.84 bits per heavy atom. The summed E-state index contributed by atoms with van der Waals surface area (Å²) in [5.41, 5.74) is 14.7. The van der Waals surface area contributed by atoms with Crippen LogP contribution in [0.3, 0.4) is 0 Å². The molecule has 2 aromatic heterocycles. The van der Waals surface area contributed by atoms with E-state index in [9.17, 15) is 0 Å². The first-order valence-corrected chi connectivity index (χ1v) is 5.80. The maximum absolute atomic E-state index is 5.90. The lowest BCUT2D eigenvalue weighted by atomic mass is 10.0. The van der Waals surface area contributed by atoms with E-state index in [2.05, 4.69) is 15.0 Å². The summed E-state index contributed by atoms with van der Waals surface area (Å²) in [7, 11) is 1.58. The van der Waals surface area contributed by atoms with Crippen LogP contribution in [-0.2, 0) is 16.1 Å². The number of nitrogen functional groups attached to an aromatic ring is 2. The molecule has 0 aliphatic rings. The number of pyridine rings is 1. The molecule has 4 N–H and O–H groups in total. The minimum absolute atomic E-state index is 0.125. The molecular formula is C12H17N5O2. The summed E-state index contributed by atoms with van der Waals surface area (Å²) in [5.74, 6) is 0.458. The maximum Gasteiger partial charge on any atom is 0.224 e. The predicted octanol–water partition coefficient (Wildman–Crippen LogP) is 0.927. The van der Waals surface area contributed by atoms with Crippen molar-refractivity contribution in [3.05, 3.63) is 16.8 Å². The number of anilines is 2. The molecule has 0 atom stereocenters. The van der Waals surface area contributed by atoms with E-state index in [0.717, 1.165) is 22.2 Å². The third kappa shape index (κ3) is 2.56. The molecule has 0 aliphatic carbocycles. The van der Waals surface area contributed by atoms with Crippen LogP contribution in [0.2, 0.25) is 0 Å². The summed E-state index contributed by atoms with van der Waals surface area (Å²) in [5, 5.41) is 0.718. The number of aromatic nitrogens is 3. The van der Waals surface area contributed by atoms with Gasteiger partial charge >= 0.3 is 0 Å². The largest absolute Gasteiger partial charge is 0.383 e. The zero-order chi connectivity index (χ0) is 14.0. The van der Waals surface area contributed by atoms with Crippen molar-refractivity contribution in [3.8, 4) is 0 Å². The molecule has 102 valence electrons. The van der Waals surface area contributed by atoms with Crippen molar-refractivity contribution in [2.75, 3.05) is 25.4 Å². The van der Waals surface area contributed by atoms with Gasteiger partial charge < -0.3 is 20.9 Å².